The first-order valence-corrected chi connectivity index (χ1v) is 6.40. The molecule has 1 aliphatic heterocycles. The van der Waals surface area contributed by atoms with Gasteiger partial charge < -0.3 is 4.98 Å². The molecule has 102 valence electrons. The zero-order valence-corrected chi connectivity index (χ0v) is 10.9. The lowest BCUT2D eigenvalue weighted by molar-refractivity contribution is 0.203. The van der Waals surface area contributed by atoms with E-state index < -0.39 is 17.5 Å². The minimum atomic E-state index is -1.13. The van der Waals surface area contributed by atoms with Gasteiger partial charge in [-0.2, -0.15) is 0 Å². The van der Waals surface area contributed by atoms with Crippen LogP contribution in [-0.4, -0.2) is 22.5 Å². The van der Waals surface area contributed by atoms with Crippen molar-refractivity contribution in [2.75, 3.05) is 6.54 Å². The Morgan fingerprint density at radius 2 is 1.95 bits per heavy atom. The summed E-state index contributed by atoms with van der Waals surface area (Å²) < 4.78 is 41.0. The van der Waals surface area contributed by atoms with Gasteiger partial charge in [-0.1, -0.05) is 0 Å². The van der Waals surface area contributed by atoms with E-state index in [9.17, 15) is 13.2 Å². The smallest absolute Gasteiger partial charge is 0.168 e. The molecule has 1 aromatic heterocycles. The molecular formula is C14H15F3N2. The Balaban J connectivity index is 2.22. The van der Waals surface area contributed by atoms with E-state index in [0.717, 1.165) is 12.2 Å². The van der Waals surface area contributed by atoms with Gasteiger partial charge in [0.15, 0.2) is 11.6 Å². The van der Waals surface area contributed by atoms with Gasteiger partial charge in [0.1, 0.15) is 5.82 Å². The second-order valence-corrected chi connectivity index (χ2v) is 5.30. The molecular weight excluding hydrogens is 253 g/mol. The second-order valence-electron chi connectivity index (χ2n) is 5.30. The Morgan fingerprint density at radius 3 is 2.63 bits per heavy atom. The van der Waals surface area contributed by atoms with Crippen LogP contribution in [0.25, 0.3) is 10.9 Å². The predicted molar refractivity (Wildman–Crippen MR) is 67.4 cm³/mol. The van der Waals surface area contributed by atoms with Crippen LogP contribution < -0.4 is 0 Å². The van der Waals surface area contributed by atoms with Gasteiger partial charge in [-0.3, -0.25) is 4.90 Å². The van der Waals surface area contributed by atoms with E-state index in [1.807, 2.05) is 0 Å². The van der Waals surface area contributed by atoms with Gasteiger partial charge in [-0.25, -0.2) is 13.2 Å². The Morgan fingerprint density at radius 1 is 1.21 bits per heavy atom. The Labute approximate surface area is 109 Å². The fourth-order valence-electron chi connectivity index (χ4n) is 2.74. The third-order valence-electron chi connectivity index (χ3n) is 3.85. The maximum absolute atomic E-state index is 13.9. The van der Waals surface area contributed by atoms with Crippen LogP contribution in [-0.2, 0) is 13.0 Å². The molecule has 2 heterocycles. The van der Waals surface area contributed by atoms with E-state index in [1.54, 1.807) is 0 Å². The number of hydrogen-bond acceptors (Lipinski definition) is 1. The van der Waals surface area contributed by atoms with Crippen molar-refractivity contribution in [1.82, 2.24) is 9.88 Å². The van der Waals surface area contributed by atoms with Gasteiger partial charge >= 0.3 is 0 Å². The molecule has 1 aliphatic rings. The summed E-state index contributed by atoms with van der Waals surface area (Å²) in [6.07, 6.45) is 0.697. The Kier molecular flexibility index (Phi) is 2.82. The number of aromatic nitrogens is 1. The molecule has 0 saturated carbocycles. The first-order valence-electron chi connectivity index (χ1n) is 6.40. The molecule has 3 rings (SSSR count). The van der Waals surface area contributed by atoms with E-state index in [0.29, 0.717) is 30.6 Å². The summed E-state index contributed by atoms with van der Waals surface area (Å²) in [6, 6.07) is 0.916. The Hall–Kier alpha value is -1.49. The SMILES string of the molecule is CC(C)N1CCc2[nH]c3c(F)cc(F)c(F)c3c2C1. The van der Waals surface area contributed by atoms with E-state index in [4.69, 9.17) is 0 Å². The van der Waals surface area contributed by atoms with Crippen LogP contribution in [0.2, 0.25) is 0 Å². The fraction of sp³-hybridized carbons (Fsp3) is 0.429. The van der Waals surface area contributed by atoms with Crippen molar-refractivity contribution < 1.29 is 13.2 Å². The lowest BCUT2D eigenvalue weighted by Crippen LogP contribution is -2.35. The second kappa shape index (κ2) is 4.27. The third kappa shape index (κ3) is 1.84. The van der Waals surface area contributed by atoms with Crippen molar-refractivity contribution in [3.63, 3.8) is 0 Å². The molecule has 0 atom stereocenters. The number of nitrogens with zero attached hydrogens (tertiary/aromatic N) is 1. The molecule has 1 N–H and O–H groups in total. The zero-order chi connectivity index (χ0) is 13.7. The molecule has 2 nitrogen and oxygen atoms in total. The highest BCUT2D eigenvalue weighted by Crippen LogP contribution is 2.32. The summed E-state index contributed by atoms with van der Waals surface area (Å²) in [4.78, 5) is 5.07. The molecule has 0 amide bonds. The molecule has 0 aliphatic carbocycles. The molecule has 2 aromatic rings. The average Bonchev–Trinajstić information content (AvgIpc) is 2.75. The van der Waals surface area contributed by atoms with Crippen molar-refractivity contribution in [3.05, 3.63) is 34.8 Å². The molecule has 1 aromatic carbocycles. The van der Waals surface area contributed by atoms with E-state index in [1.165, 1.54) is 0 Å². The molecule has 19 heavy (non-hydrogen) atoms. The summed E-state index contributed by atoms with van der Waals surface area (Å²) in [5, 5.41) is 0.0675. The van der Waals surface area contributed by atoms with Crippen LogP contribution in [0.4, 0.5) is 13.2 Å². The molecule has 0 bridgehead atoms. The summed E-state index contributed by atoms with van der Waals surface area (Å²) in [5.74, 6) is -2.83. The molecule has 0 radical (unpaired) electrons. The zero-order valence-electron chi connectivity index (χ0n) is 10.9. The summed E-state index contributed by atoms with van der Waals surface area (Å²) in [6.45, 7) is 5.46. The summed E-state index contributed by atoms with van der Waals surface area (Å²) >= 11 is 0. The first-order chi connectivity index (χ1) is 8.99. The van der Waals surface area contributed by atoms with Crippen molar-refractivity contribution in [2.45, 2.75) is 32.9 Å². The molecule has 5 heteroatoms. The number of aromatic amines is 1. The minimum Gasteiger partial charge on any atom is -0.356 e. The highest BCUT2D eigenvalue weighted by molar-refractivity contribution is 5.86. The number of fused-ring (bicyclic) bond motifs is 3. The quantitative estimate of drug-likeness (QED) is 0.786. The van der Waals surface area contributed by atoms with Crippen LogP contribution in [0, 0.1) is 17.5 Å². The lowest BCUT2D eigenvalue weighted by Gasteiger charge is -2.30. The number of benzene rings is 1. The largest absolute Gasteiger partial charge is 0.356 e. The number of nitrogens with one attached hydrogen (secondary N) is 1. The van der Waals surface area contributed by atoms with Crippen LogP contribution in [0.3, 0.4) is 0 Å². The molecule has 0 unspecified atom stereocenters. The Bertz CT molecular complexity index is 646. The van der Waals surface area contributed by atoms with Gasteiger partial charge in [-0.15, -0.1) is 0 Å². The van der Waals surface area contributed by atoms with Gasteiger partial charge in [0.2, 0.25) is 0 Å². The van der Waals surface area contributed by atoms with Gasteiger partial charge in [0, 0.05) is 42.7 Å². The standard InChI is InChI=1S/C14H15F3N2/c1-7(2)19-4-3-11-8(6-19)12-13(17)9(15)5-10(16)14(12)18-11/h5,7,18H,3-4,6H2,1-2H3. The average molecular weight is 268 g/mol. The van der Waals surface area contributed by atoms with Crippen LogP contribution in [0.1, 0.15) is 25.1 Å². The van der Waals surface area contributed by atoms with E-state index in [-0.39, 0.29) is 10.9 Å². The number of H-pyrrole nitrogens is 1. The van der Waals surface area contributed by atoms with Crippen molar-refractivity contribution in [3.8, 4) is 0 Å². The van der Waals surface area contributed by atoms with E-state index in [2.05, 4.69) is 23.7 Å². The normalized spacial score (nSPS) is 16.3. The van der Waals surface area contributed by atoms with Crippen LogP contribution in [0.15, 0.2) is 6.07 Å². The minimum absolute atomic E-state index is 0.0675. The fourth-order valence-corrected chi connectivity index (χ4v) is 2.74. The number of hydrogen-bond donors (Lipinski definition) is 1. The van der Waals surface area contributed by atoms with Gasteiger partial charge in [0.05, 0.1) is 5.52 Å². The van der Waals surface area contributed by atoms with Crippen molar-refractivity contribution in [1.29, 1.82) is 0 Å². The van der Waals surface area contributed by atoms with Crippen LogP contribution >= 0.6 is 0 Å². The monoisotopic (exact) mass is 268 g/mol. The first kappa shape index (κ1) is 12.5. The van der Waals surface area contributed by atoms with E-state index >= 15 is 0 Å². The molecule has 0 spiro atoms. The predicted octanol–water partition coefficient (Wildman–Crippen LogP) is 3.35. The van der Waals surface area contributed by atoms with Gasteiger partial charge in [0.25, 0.3) is 0 Å². The topological polar surface area (TPSA) is 19.0 Å². The third-order valence-corrected chi connectivity index (χ3v) is 3.85. The number of rotatable bonds is 1. The van der Waals surface area contributed by atoms with Gasteiger partial charge in [-0.05, 0) is 19.4 Å². The van der Waals surface area contributed by atoms with Crippen LogP contribution in [0.5, 0.6) is 0 Å². The summed E-state index contributed by atoms with van der Waals surface area (Å²) in [5.41, 5.74) is 1.58. The lowest BCUT2D eigenvalue weighted by atomic mass is 10.0. The maximum Gasteiger partial charge on any atom is 0.168 e. The molecule has 0 fully saturated rings. The maximum atomic E-state index is 13.9. The number of halogens is 3. The molecule has 0 saturated heterocycles. The highest BCUT2D eigenvalue weighted by atomic mass is 19.2. The van der Waals surface area contributed by atoms with Crippen molar-refractivity contribution >= 4 is 10.9 Å². The van der Waals surface area contributed by atoms with Crippen molar-refractivity contribution in [2.24, 2.45) is 0 Å². The summed E-state index contributed by atoms with van der Waals surface area (Å²) in [7, 11) is 0. The highest BCUT2D eigenvalue weighted by Gasteiger charge is 2.26.